The van der Waals surface area contributed by atoms with Gasteiger partial charge in [0.2, 0.25) is 0 Å². The van der Waals surface area contributed by atoms with Crippen LogP contribution in [-0.4, -0.2) is 18.1 Å². The maximum Gasteiger partial charge on any atom is 0.261 e. The van der Waals surface area contributed by atoms with Crippen molar-refractivity contribution in [1.82, 2.24) is 5.32 Å². The molecule has 1 amide bonds. The van der Waals surface area contributed by atoms with Crippen LogP contribution in [0, 0.1) is 0 Å². The molecule has 2 aromatic carbocycles. The minimum atomic E-state index is -0.424. The second-order valence-electron chi connectivity index (χ2n) is 7.07. The maximum absolute atomic E-state index is 12.7. The van der Waals surface area contributed by atoms with Crippen LogP contribution in [0.4, 0.5) is 0 Å². The number of carbonyl (C=O) groups is 1. The summed E-state index contributed by atoms with van der Waals surface area (Å²) in [6, 6.07) is 14.5. The number of benzene rings is 2. The lowest BCUT2D eigenvalue weighted by Gasteiger charge is -2.24. The zero-order chi connectivity index (χ0) is 17.5. The SMILES string of the molecule is CC[C@@H](Oc1ccc2ccccc2c1)C(=O)NC1CCCCCCC1. The van der Waals surface area contributed by atoms with E-state index in [1.807, 2.05) is 37.3 Å². The van der Waals surface area contributed by atoms with Crippen LogP contribution in [0.15, 0.2) is 42.5 Å². The van der Waals surface area contributed by atoms with E-state index in [1.165, 1.54) is 37.5 Å². The zero-order valence-electron chi connectivity index (χ0n) is 15.2. The molecule has 1 atom stereocenters. The zero-order valence-corrected chi connectivity index (χ0v) is 15.2. The molecule has 0 heterocycles. The molecule has 1 fully saturated rings. The predicted molar refractivity (Wildman–Crippen MR) is 103 cm³/mol. The van der Waals surface area contributed by atoms with E-state index in [1.54, 1.807) is 0 Å². The molecule has 0 bridgehead atoms. The van der Waals surface area contributed by atoms with Gasteiger partial charge in [-0.3, -0.25) is 4.79 Å². The summed E-state index contributed by atoms with van der Waals surface area (Å²) in [6.45, 7) is 2.00. The molecule has 134 valence electrons. The fraction of sp³-hybridized carbons (Fsp3) is 0.500. The van der Waals surface area contributed by atoms with Gasteiger partial charge in [-0.25, -0.2) is 0 Å². The third-order valence-corrected chi connectivity index (χ3v) is 5.11. The van der Waals surface area contributed by atoms with Crippen LogP contribution >= 0.6 is 0 Å². The van der Waals surface area contributed by atoms with Gasteiger partial charge in [0.25, 0.3) is 5.91 Å². The summed E-state index contributed by atoms with van der Waals surface area (Å²) in [5.41, 5.74) is 0. The fourth-order valence-corrected chi connectivity index (χ4v) is 3.62. The lowest BCUT2D eigenvalue weighted by atomic mass is 9.96. The highest BCUT2D eigenvalue weighted by molar-refractivity contribution is 5.84. The molecule has 0 unspecified atom stereocenters. The van der Waals surface area contributed by atoms with E-state index < -0.39 is 6.10 Å². The molecule has 25 heavy (non-hydrogen) atoms. The number of fused-ring (bicyclic) bond motifs is 1. The van der Waals surface area contributed by atoms with Gasteiger partial charge in [-0.05, 0) is 42.2 Å². The van der Waals surface area contributed by atoms with Gasteiger partial charge in [-0.1, -0.05) is 69.4 Å². The van der Waals surface area contributed by atoms with E-state index in [9.17, 15) is 4.79 Å². The van der Waals surface area contributed by atoms with E-state index in [-0.39, 0.29) is 5.91 Å². The van der Waals surface area contributed by atoms with Crippen LogP contribution in [0.3, 0.4) is 0 Å². The van der Waals surface area contributed by atoms with Crippen LogP contribution in [-0.2, 0) is 4.79 Å². The molecule has 0 aliphatic heterocycles. The quantitative estimate of drug-likeness (QED) is 0.810. The normalized spacial score (nSPS) is 17.5. The van der Waals surface area contributed by atoms with Gasteiger partial charge in [0.1, 0.15) is 5.75 Å². The third-order valence-electron chi connectivity index (χ3n) is 5.11. The Morgan fingerprint density at radius 1 is 1.04 bits per heavy atom. The first-order chi connectivity index (χ1) is 12.3. The van der Waals surface area contributed by atoms with Crippen molar-refractivity contribution in [2.24, 2.45) is 0 Å². The van der Waals surface area contributed by atoms with Crippen molar-refractivity contribution in [3.8, 4) is 5.75 Å². The molecule has 0 spiro atoms. The molecule has 3 rings (SSSR count). The number of hydrogen-bond acceptors (Lipinski definition) is 2. The number of ether oxygens (including phenoxy) is 1. The van der Waals surface area contributed by atoms with E-state index in [0.29, 0.717) is 12.5 Å². The smallest absolute Gasteiger partial charge is 0.261 e. The summed E-state index contributed by atoms with van der Waals surface area (Å²) in [4.78, 5) is 12.7. The highest BCUT2D eigenvalue weighted by Gasteiger charge is 2.22. The largest absolute Gasteiger partial charge is 0.481 e. The Hall–Kier alpha value is -2.03. The third kappa shape index (κ3) is 4.97. The van der Waals surface area contributed by atoms with Crippen LogP contribution in [0.25, 0.3) is 10.8 Å². The summed E-state index contributed by atoms with van der Waals surface area (Å²) in [7, 11) is 0. The number of amides is 1. The molecule has 0 radical (unpaired) electrons. The topological polar surface area (TPSA) is 38.3 Å². The fourth-order valence-electron chi connectivity index (χ4n) is 3.62. The van der Waals surface area contributed by atoms with Gasteiger partial charge in [-0.2, -0.15) is 0 Å². The summed E-state index contributed by atoms with van der Waals surface area (Å²) in [5, 5.41) is 5.55. The summed E-state index contributed by atoms with van der Waals surface area (Å²) >= 11 is 0. The van der Waals surface area contributed by atoms with Crippen LogP contribution in [0.2, 0.25) is 0 Å². The minimum absolute atomic E-state index is 0.0289. The van der Waals surface area contributed by atoms with Crippen molar-refractivity contribution in [3.63, 3.8) is 0 Å². The Labute approximate surface area is 150 Å². The second kappa shape index (κ2) is 8.89. The molecular formula is C22H29NO2. The van der Waals surface area contributed by atoms with Crippen molar-refractivity contribution >= 4 is 16.7 Å². The predicted octanol–water partition coefficient (Wildman–Crippen LogP) is 5.23. The Balaban J connectivity index is 1.62. The Morgan fingerprint density at radius 3 is 2.44 bits per heavy atom. The van der Waals surface area contributed by atoms with Crippen molar-refractivity contribution in [1.29, 1.82) is 0 Å². The molecule has 1 aliphatic carbocycles. The standard InChI is InChI=1S/C22H29NO2/c1-2-21(22(24)23-19-12-6-4-3-5-7-13-19)25-20-15-14-17-10-8-9-11-18(17)16-20/h8-11,14-16,19,21H,2-7,12-13H2,1H3,(H,23,24)/t21-/m1/s1. The van der Waals surface area contributed by atoms with Gasteiger partial charge in [-0.15, -0.1) is 0 Å². The van der Waals surface area contributed by atoms with Crippen molar-refractivity contribution in [3.05, 3.63) is 42.5 Å². The number of rotatable bonds is 5. The van der Waals surface area contributed by atoms with Crippen molar-refractivity contribution < 1.29 is 9.53 Å². The Bertz CT molecular complexity index is 689. The number of carbonyl (C=O) groups excluding carboxylic acids is 1. The molecule has 0 saturated heterocycles. The Kier molecular flexibility index (Phi) is 6.32. The molecule has 3 heteroatoms. The lowest BCUT2D eigenvalue weighted by Crippen LogP contribution is -2.43. The van der Waals surface area contributed by atoms with Crippen molar-refractivity contribution in [2.45, 2.75) is 70.4 Å². The molecule has 1 aliphatic rings. The first-order valence-corrected chi connectivity index (χ1v) is 9.72. The molecule has 1 N–H and O–H groups in total. The van der Waals surface area contributed by atoms with Crippen LogP contribution < -0.4 is 10.1 Å². The molecule has 1 saturated carbocycles. The van der Waals surface area contributed by atoms with Gasteiger partial charge < -0.3 is 10.1 Å². The average molecular weight is 339 g/mol. The van der Waals surface area contributed by atoms with Crippen LogP contribution in [0.5, 0.6) is 5.75 Å². The van der Waals surface area contributed by atoms with Crippen LogP contribution in [0.1, 0.15) is 58.3 Å². The van der Waals surface area contributed by atoms with Gasteiger partial charge >= 0.3 is 0 Å². The summed E-state index contributed by atoms with van der Waals surface area (Å²) in [6.07, 6.45) is 8.78. The molecule has 0 aromatic heterocycles. The van der Waals surface area contributed by atoms with E-state index in [4.69, 9.17) is 4.74 Å². The highest BCUT2D eigenvalue weighted by atomic mass is 16.5. The first kappa shape index (κ1) is 17.8. The van der Waals surface area contributed by atoms with E-state index >= 15 is 0 Å². The van der Waals surface area contributed by atoms with E-state index in [2.05, 4.69) is 17.4 Å². The van der Waals surface area contributed by atoms with E-state index in [0.717, 1.165) is 24.0 Å². The van der Waals surface area contributed by atoms with Gasteiger partial charge in [0.05, 0.1) is 0 Å². The highest BCUT2D eigenvalue weighted by Crippen LogP contribution is 2.22. The Morgan fingerprint density at radius 2 is 1.72 bits per heavy atom. The minimum Gasteiger partial charge on any atom is -0.481 e. The monoisotopic (exact) mass is 339 g/mol. The summed E-state index contributed by atoms with van der Waals surface area (Å²) in [5.74, 6) is 0.791. The molecule has 2 aromatic rings. The lowest BCUT2D eigenvalue weighted by molar-refractivity contribution is -0.129. The average Bonchev–Trinajstić information content (AvgIpc) is 2.61. The summed E-state index contributed by atoms with van der Waals surface area (Å²) < 4.78 is 6.02. The second-order valence-corrected chi connectivity index (χ2v) is 7.07. The first-order valence-electron chi connectivity index (χ1n) is 9.72. The van der Waals surface area contributed by atoms with Crippen molar-refractivity contribution in [2.75, 3.05) is 0 Å². The number of hydrogen-bond donors (Lipinski definition) is 1. The molecule has 3 nitrogen and oxygen atoms in total. The molecular weight excluding hydrogens is 310 g/mol. The number of nitrogens with one attached hydrogen (secondary N) is 1. The van der Waals surface area contributed by atoms with Gasteiger partial charge in [0.15, 0.2) is 6.10 Å². The maximum atomic E-state index is 12.7. The van der Waals surface area contributed by atoms with Gasteiger partial charge in [0, 0.05) is 6.04 Å².